The van der Waals surface area contributed by atoms with Crippen LogP contribution in [0.4, 0.5) is 0 Å². The highest BCUT2D eigenvalue weighted by atomic mass is 32.2. The summed E-state index contributed by atoms with van der Waals surface area (Å²) in [5.41, 5.74) is 0. The van der Waals surface area contributed by atoms with Crippen molar-refractivity contribution in [2.45, 2.75) is 49.9 Å². The number of hydrogen-bond donors (Lipinski definition) is 2. The van der Waals surface area contributed by atoms with Crippen molar-refractivity contribution in [3.05, 3.63) is 0 Å². The van der Waals surface area contributed by atoms with Crippen LogP contribution in [0.15, 0.2) is 0 Å². The standard InChI is InChI=1S/C11H19NO2S/c13-11(14)9-7-15-10(12-9)6-8-4-2-1-3-5-8/h8-10,12H,1-7H2,(H,13,14)/t9-,10?/m0/s1. The number of nitrogens with one attached hydrogen (secondary N) is 1. The lowest BCUT2D eigenvalue weighted by Crippen LogP contribution is -2.37. The molecule has 0 aromatic carbocycles. The molecule has 1 aliphatic heterocycles. The number of hydrogen-bond acceptors (Lipinski definition) is 3. The SMILES string of the molecule is O=C(O)[C@@H]1CSC(CC2CCCCC2)N1. The van der Waals surface area contributed by atoms with Gasteiger partial charge in [0.15, 0.2) is 0 Å². The molecular formula is C11H19NO2S. The van der Waals surface area contributed by atoms with Crippen LogP contribution in [0.25, 0.3) is 0 Å². The van der Waals surface area contributed by atoms with Gasteiger partial charge in [0.2, 0.25) is 0 Å². The minimum Gasteiger partial charge on any atom is -0.480 e. The van der Waals surface area contributed by atoms with Crippen LogP contribution in [-0.4, -0.2) is 28.2 Å². The third kappa shape index (κ3) is 3.11. The summed E-state index contributed by atoms with van der Waals surface area (Å²) in [4.78, 5) is 10.8. The van der Waals surface area contributed by atoms with Gasteiger partial charge < -0.3 is 5.11 Å². The van der Waals surface area contributed by atoms with Crippen molar-refractivity contribution < 1.29 is 9.90 Å². The molecule has 1 unspecified atom stereocenters. The number of aliphatic carboxylic acids is 1. The van der Waals surface area contributed by atoms with Crippen LogP contribution < -0.4 is 5.32 Å². The van der Waals surface area contributed by atoms with E-state index < -0.39 is 5.97 Å². The summed E-state index contributed by atoms with van der Waals surface area (Å²) >= 11 is 1.78. The Morgan fingerprint density at radius 3 is 2.67 bits per heavy atom. The zero-order valence-electron chi connectivity index (χ0n) is 8.95. The molecule has 2 rings (SSSR count). The first-order valence-electron chi connectivity index (χ1n) is 5.86. The molecule has 2 fully saturated rings. The van der Waals surface area contributed by atoms with Crippen molar-refractivity contribution in [1.82, 2.24) is 5.32 Å². The van der Waals surface area contributed by atoms with Crippen molar-refractivity contribution in [1.29, 1.82) is 0 Å². The molecule has 4 heteroatoms. The second kappa shape index (κ2) is 5.21. The number of rotatable bonds is 3. The van der Waals surface area contributed by atoms with Gasteiger partial charge in [-0.3, -0.25) is 10.1 Å². The van der Waals surface area contributed by atoms with E-state index in [0.29, 0.717) is 5.37 Å². The Kier molecular flexibility index (Phi) is 3.92. The fourth-order valence-electron chi connectivity index (χ4n) is 2.54. The second-order valence-corrected chi connectivity index (χ2v) is 5.85. The van der Waals surface area contributed by atoms with Gasteiger partial charge in [0, 0.05) is 5.75 Å². The fourth-order valence-corrected chi connectivity index (χ4v) is 3.87. The molecule has 15 heavy (non-hydrogen) atoms. The highest BCUT2D eigenvalue weighted by Gasteiger charge is 2.30. The zero-order valence-corrected chi connectivity index (χ0v) is 9.76. The first kappa shape index (κ1) is 11.3. The van der Waals surface area contributed by atoms with Crippen LogP contribution >= 0.6 is 11.8 Å². The molecule has 3 nitrogen and oxygen atoms in total. The highest BCUT2D eigenvalue weighted by Crippen LogP contribution is 2.32. The quantitative estimate of drug-likeness (QED) is 0.778. The van der Waals surface area contributed by atoms with Gasteiger partial charge in [0.1, 0.15) is 6.04 Å². The van der Waals surface area contributed by atoms with Crippen LogP contribution in [-0.2, 0) is 4.79 Å². The maximum atomic E-state index is 10.8. The molecule has 0 aromatic rings. The van der Waals surface area contributed by atoms with Gasteiger partial charge in [0.05, 0.1) is 5.37 Å². The normalized spacial score (nSPS) is 33.1. The van der Waals surface area contributed by atoms with E-state index in [2.05, 4.69) is 5.32 Å². The fraction of sp³-hybridized carbons (Fsp3) is 0.909. The van der Waals surface area contributed by atoms with Gasteiger partial charge in [-0.15, -0.1) is 11.8 Å². The van der Waals surface area contributed by atoms with Gasteiger partial charge in [-0.05, 0) is 12.3 Å². The summed E-state index contributed by atoms with van der Waals surface area (Å²) < 4.78 is 0. The summed E-state index contributed by atoms with van der Waals surface area (Å²) in [7, 11) is 0. The monoisotopic (exact) mass is 229 g/mol. The smallest absolute Gasteiger partial charge is 0.321 e. The van der Waals surface area contributed by atoms with Crippen molar-refractivity contribution in [3.63, 3.8) is 0 Å². The Hall–Kier alpha value is -0.220. The molecule has 2 N–H and O–H groups in total. The molecule has 2 atom stereocenters. The molecule has 0 bridgehead atoms. The van der Waals surface area contributed by atoms with E-state index in [9.17, 15) is 4.79 Å². The van der Waals surface area contributed by atoms with Gasteiger partial charge in [-0.2, -0.15) is 0 Å². The Balaban J connectivity index is 1.74. The predicted octanol–water partition coefficient (Wildman–Crippen LogP) is 2.07. The molecule has 86 valence electrons. The molecule has 0 amide bonds. The van der Waals surface area contributed by atoms with Crippen molar-refractivity contribution in [2.24, 2.45) is 5.92 Å². The molecule has 1 saturated carbocycles. The summed E-state index contributed by atoms with van der Waals surface area (Å²) in [6.07, 6.45) is 7.97. The van der Waals surface area contributed by atoms with Crippen molar-refractivity contribution in [2.75, 3.05) is 5.75 Å². The van der Waals surface area contributed by atoms with E-state index in [1.165, 1.54) is 32.1 Å². The maximum absolute atomic E-state index is 10.8. The third-order valence-corrected chi connectivity index (χ3v) is 4.68. The summed E-state index contributed by atoms with van der Waals surface area (Å²) in [5, 5.41) is 12.4. The number of thioether (sulfide) groups is 1. The van der Waals surface area contributed by atoms with Crippen LogP contribution in [0.2, 0.25) is 0 Å². The Morgan fingerprint density at radius 1 is 1.33 bits per heavy atom. The molecule has 0 radical (unpaired) electrons. The Bertz CT molecular complexity index is 229. The topological polar surface area (TPSA) is 49.3 Å². The third-order valence-electron chi connectivity index (χ3n) is 3.42. The summed E-state index contributed by atoms with van der Waals surface area (Å²) in [6, 6.07) is -0.316. The minimum atomic E-state index is -0.700. The van der Waals surface area contributed by atoms with Crippen LogP contribution in [0.1, 0.15) is 38.5 Å². The molecule has 1 heterocycles. The van der Waals surface area contributed by atoms with Crippen LogP contribution in [0, 0.1) is 5.92 Å². The van der Waals surface area contributed by atoms with Gasteiger partial charge >= 0.3 is 5.97 Å². The number of carboxylic acids is 1. The van der Waals surface area contributed by atoms with Crippen LogP contribution in [0.5, 0.6) is 0 Å². The predicted molar refractivity (Wildman–Crippen MR) is 62.0 cm³/mol. The van der Waals surface area contributed by atoms with Crippen molar-refractivity contribution >= 4 is 17.7 Å². The Labute approximate surface area is 95.0 Å². The van der Waals surface area contributed by atoms with Gasteiger partial charge in [-0.1, -0.05) is 32.1 Å². The lowest BCUT2D eigenvalue weighted by Gasteiger charge is -2.24. The summed E-state index contributed by atoms with van der Waals surface area (Å²) in [5.74, 6) is 0.858. The van der Waals surface area contributed by atoms with Crippen LogP contribution in [0.3, 0.4) is 0 Å². The molecule has 2 aliphatic rings. The zero-order chi connectivity index (χ0) is 10.7. The lowest BCUT2D eigenvalue weighted by atomic mass is 9.87. The molecule has 0 spiro atoms. The first-order chi connectivity index (χ1) is 7.25. The molecule has 0 aromatic heterocycles. The van der Waals surface area contributed by atoms with E-state index in [0.717, 1.165) is 18.1 Å². The second-order valence-electron chi connectivity index (χ2n) is 4.62. The van der Waals surface area contributed by atoms with E-state index in [4.69, 9.17) is 5.11 Å². The van der Waals surface area contributed by atoms with Gasteiger partial charge in [-0.25, -0.2) is 0 Å². The maximum Gasteiger partial charge on any atom is 0.321 e. The van der Waals surface area contributed by atoms with E-state index in [-0.39, 0.29) is 6.04 Å². The Morgan fingerprint density at radius 2 is 2.07 bits per heavy atom. The van der Waals surface area contributed by atoms with E-state index >= 15 is 0 Å². The highest BCUT2D eigenvalue weighted by molar-refractivity contribution is 8.00. The molecule has 1 aliphatic carbocycles. The summed E-state index contributed by atoms with van der Waals surface area (Å²) in [6.45, 7) is 0. The first-order valence-corrected chi connectivity index (χ1v) is 6.91. The minimum absolute atomic E-state index is 0.316. The lowest BCUT2D eigenvalue weighted by molar-refractivity contribution is -0.138. The van der Waals surface area contributed by atoms with E-state index in [1.807, 2.05) is 0 Å². The average molecular weight is 229 g/mol. The van der Waals surface area contributed by atoms with E-state index in [1.54, 1.807) is 11.8 Å². The molecule has 1 saturated heterocycles. The van der Waals surface area contributed by atoms with Crippen molar-refractivity contribution in [3.8, 4) is 0 Å². The largest absolute Gasteiger partial charge is 0.480 e. The number of carbonyl (C=O) groups is 1. The molecular weight excluding hydrogens is 210 g/mol. The average Bonchev–Trinajstić information content (AvgIpc) is 2.68. The number of carboxylic acid groups (broad SMARTS) is 1. The van der Waals surface area contributed by atoms with Gasteiger partial charge in [0.25, 0.3) is 0 Å².